The summed E-state index contributed by atoms with van der Waals surface area (Å²) in [6.45, 7) is 7.82. The highest BCUT2D eigenvalue weighted by Gasteiger charge is 2.62. The molecule has 0 bridgehead atoms. The Morgan fingerprint density at radius 3 is 2.37 bits per heavy atom. The third-order valence-corrected chi connectivity index (χ3v) is 12.7. The van der Waals surface area contributed by atoms with Gasteiger partial charge >= 0.3 is 10.4 Å². The van der Waals surface area contributed by atoms with Gasteiger partial charge in [-0.2, -0.15) is 8.42 Å². The zero-order valence-electron chi connectivity index (χ0n) is 24.1. The van der Waals surface area contributed by atoms with E-state index in [0.717, 1.165) is 57.9 Å². The molecule has 222 valence electrons. The predicted octanol–water partition coefficient (Wildman–Crippen LogP) is 3.83. The van der Waals surface area contributed by atoms with Crippen molar-refractivity contribution in [3.05, 3.63) is 0 Å². The summed E-state index contributed by atoms with van der Waals surface area (Å²) in [5, 5.41) is 0. The van der Waals surface area contributed by atoms with Gasteiger partial charge in [0.25, 0.3) is 0 Å². The van der Waals surface area contributed by atoms with Crippen molar-refractivity contribution in [1.29, 1.82) is 0 Å². The third kappa shape index (κ3) is 6.14. The largest absolute Gasteiger partial charge is 0.397 e. The lowest BCUT2D eigenvalue weighted by Gasteiger charge is -2.63. The molecule has 9 heteroatoms. The summed E-state index contributed by atoms with van der Waals surface area (Å²) in [7, 11) is -4.41. The molecule has 0 aromatic rings. The molecule has 0 aliphatic heterocycles. The fourth-order valence-corrected chi connectivity index (χ4v) is 10.6. The molecule has 8 nitrogen and oxygen atoms in total. The van der Waals surface area contributed by atoms with Gasteiger partial charge in [-0.1, -0.05) is 27.2 Å². The fraction of sp³-hybridized carbons (Fsp3) is 1.00. The summed E-state index contributed by atoms with van der Waals surface area (Å²) in [4.78, 5) is 0. The van der Waals surface area contributed by atoms with Crippen LogP contribution in [0.1, 0.15) is 97.8 Å². The summed E-state index contributed by atoms with van der Waals surface area (Å²) in [5.74, 6) is 3.36. The second kappa shape index (κ2) is 11.9. The molecule has 0 amide bonds. The van der Waals surface area contributed by atoms with Crippen molar-refractivity contribution in [2.45, 2.75) is 116 Å². The van der Waals surface area contributed by atoms with Gasteiger partial charge in [-0.25, -0.2) is 4.18 Å². The van der Waals surface area contributed by atoms with Crippen LogP contribution < -0.4 is 22.9 Å². The van der Waals surface area contributed by atoms with Crippen LogP contribution >= 0.6 is 0 Å². The first kappa shape index (κ1) is 30.7. The molecule has 0 aromatic heterocycles. The van der Waals surface area contributed by atoms with Gasteiger partial charge in [-0.15, -0.1) is 0 Å². The summed E-state index contributed by atoms with van der Waals surface area (Å²) in [6.07, 6.45) is 13.3. The topological polar surface area (TPSA) is 168 Å². The number of hydrogen-bond donors (Lipinski definition) is 5. The van der Waals surface area contributed by atoms with E-state index in [0.29, 0.717) is 40.9 Å². The average molecular weight is 557 g/mol. The first-order valence-electron chi connectivity index (χ1n) is 15.4. The minimum atomic E-state index is -4.41. The van der Waals surface area contributed by atoms with Crippen LogP contribution in [0, 0.1) is 52.3 Å². The van der Waals surface area contributed by atoms with Gasteiger partial charge in [0.2, 0.25) is 0 Å². The van der Waals surface area contributed by atoms with Crippen molar-refractivity contribution in [1.82, 2.24) is 0 Å². The number of rotatable bonds is 11. The minimum Gasteiger partial charge on any atom is -0.330 e. The van der Waals surface area contributed by atoms with Crippen LogP contribution in [0.15, 0.2) is 0 Å². The number of unbranched alkanes of at least 4 members (excludes halogenated alkanes) is 1. The molecule has 6 unspecified atom stereocenters. The summed E-state index contributed by atoms with van der Waals surface area (Å²) < 4.78 is 36.3. The third-order valence-electron chi connectivity index (χ3n) is 12.3. The van der Waals surface area contributed by atoms with E-state index in [9.17, 15) is 8.42 Å². The maximum Gasteiger partial charge on any atom is 0.397 e. The van der Waals surface area contributed by atoms with Gasteiger partial charge in [0.05, 0.1) is 6.61 Å². The van der Waals surface area contributed by atoms with Gasteiger partial charge in [0.15, 0.2) is 0 Å². The molecule has 4 rings (SSSR count). The maximum absolute atomic E-state index is 11.2. The smallest absolute Gasteiger partial charge is 0.330 e. The Morgan fingerprint density at radius 1 is 1.00 bits per heavy atom. The van der Waals surface area contributed by atoms with Crippen molar-refractivity contribution < 1.29 is 17.2 Å². The molecule has 4 aliphatic rings. The first-order valence-corrected chi connectivity index (χ1v) is 16.7. The monoisotopic (exact) mass is 556 g/mol. The lowest BCUT2D eigenvalue weighted by atomic mass is 9.42. The second-order valence-corrected chi connectivity index (χ2v) is 15.4. The SMILES string of the molecule is C[C@H](COS(=O)(=O)O)C1CCC2C3C(CC[C@@]21C)[C@@]1(C)CC[C@@H](C(N)CC(N)CCCCN)C[C@@H]1C[C@H]3N. The van der Waals surface area contributed by atoms with Gasteiger partial charge in [0, 0.05) is 18.1 Å². The number of fused-ring (bicyclic) bond motifs is 5. The van der Waals surface area contributed by atoms with Crippen LogP contribution in [0.3, 0.4) is 0 Å². The van der Waals surface area contributed by atoms with Crippen molar-refractivity contribution in [3.8, 4) is 0 Å². The average Bonchev–Trinajstić information content (AvgIpc) is 3.19. The highest BCUT2D eigenvalue weighted by Crippen LogP contribution is 2.68. The highest BCUT2D eigenvalue weighted by atomic mass is 32.3. The van der Waals surface area contributed by atoms with Crippen LogP contribution in [0.2, 0.25) is 0 Å². The van der Waals surface area contributed by atoms with Gasteiger partial charge in [-0.05, 0) is 129 Å². The van der Waals surface area contributed by atoms with Crippen molar-refractivity contribution in [2.75, 3.05) is 13.2 Å². The molecule has 0 saturated heterocycles. The van der Waals surface area contributed by atoms with Crippen LogP contribution in [-0.4, -0.2) is 44.2 Å². The zero-order valence-corrected chi connectivity index (χ0v) is 24.9. The molecule has 4 fully saturated rings. The van der Waals surface area contributed by atoms with Crippen LogP contribution in [0.4, 0.5) is 0 Å². The van der Waals surface area contributed by atoms with E-state index in [2.05, 4.69) is 20.8 Å². The standard InChI is InChI=1S/C29H56N4O4S/c1-18(17-37-38(34,35)36)22-7-8-23-27-24(10-12-29(22,23)3)28(2)11-9-19(14-20(28)15-26(27)33)25(32)16-21(31)6-4-5-13-30/h18-27H,4-17,30-33H2,1-3H3,(H,34,35,36)/t18-,19-,20-,21?,22?,23?,24?,25?,26-,27?,28+,29-/m1/s1. The van der Waals surface area contributed by atoms with E-state index in [1.165, 1.54) is 25.7 Å². The Hall–Kier alpha value is -0.290. The summed E-state index contributed by atoms with van der Waals surface area (Å²) in [6, 6.07) is 0.539. The second-order valence-electron chi connectivity index (χ2n) is 14.3. The van der Waals surface area contributed by atoms with Crippen LogP contribution in [0.5, 0.6) is 0 Å². The van der Waals surface area contributed by atoms with E-state index in [-0.39, 0.29) is 36.1 Å². The lowest BCUT2D eigenvalue weighted by Crippen LogP contribution is -2.61. The van der Waals surface area contributed by atoms with Gasteiger partial charge in [-0.3, -0.25) is 4.55 Å². The zero-order chi connectivity index (χ0) is 27.9. The van der Waals surface area contributed by atoms with E-state index in [1.54, 1.807) is 0 Å². The number of nitrogens with two attached hydrogens (primary N) is 4. The summed E-state index contributed by atoms with van der Waals surface area (Å²) in [5.41, 5.74) is 26.4. The van der Waals surface area contributed by atoms with Crippen LogP contribution in [-0.2, 0) is 14.6 Å². The van der Waals surface area contributed by atoms with Crippen molar-refractivity contribution in [3.63, 3.8) is 0 Å². The van der Waals surface area contributed by atoms with Crippen LogP contribution in [0.25, 0.3) is 0 Å². The molecule has 0 heterocycles. The van der Waals surface area contributed by atoms with E-state index < -0.39 is 10.4 Å². The van der Waals surface area contributed by atoms with E-state index >= 15 is 0 Å². The van der Waals surface area contributed by atoms with Crippen molar-refractivity contribution in [2.24, 2.45) is 75.2 Å². The first-order chi connectivity index (χ1) is 17.8. The molecule has 0 aromatic carbocycles. The Morgan fingerprint density at radius 2 is 1.68 bits per heavy atom. The fourth-order valence-electron chi connectivity index (χ4n) is 10.2. The summed E-state index contributed by atoms with van der Waals surface area (Å²) >= 11 is 0. The Labute approximate surface area is 231 Å². The Balaban J connectivity index is 1.41. The molecule has 0 radical (unpaired) electrons. The molecule has 0 spiro atoms. The molecule has 12 atom stereocenters. The number of hydrogen-bond acceptors (Lipinski definition) is 7. The predicted molar refractivity (Wildman–Crippen MR) is 152 cm³/mol. The lowest BCUT2D eigenvalue weighted by molar-refractivity contribution is -0.131. The Kier molecular flexibility index (Phi) is 9.61. The maximum atomic E-state index is 11.2. The quantitative estimate of drug-likeness (QED) is 0.189. The molecule has 4 aliphatic carbocycles. The normalized spacial score (nSPS) is 43.5. The molecule has 4 saturated carbocycles. The highest BCUT2D eigenvalue weighted by molar-refractivity contribution is 7.80. The van der Waals surface area contributed by atoms with Crippen molar-refractivity contribution >= 4 is 10.4 Å². The van der Waals surface area contributed by atoms with E-state index in [4.69, 9.17) is 31.7 Å². The van der Waals surface area contributed by atoms with Gasteiger partial charge in [0.1, 0.15) is 0 Å². The van der Waals surface area contributed by atoms with Gasteiger partial charge < -0.3 is 22.9 Å². The Bertz CT molecular complexity index is 905. The molecule has 38 heavy (non-hydrogen) atoms. The minimum absolute atomic E-state index is 0.0457. The molecular weight excluding hydrogens is 500 g/mol. The molecule has 9 N–H and O–H groups in total. The molecular formula is C29H56N4O4S. The van der Waals surface area contributed by atoms with E-state index in [1.807, 2.05) is 0 Å².